The van der Waals surface area contributed by atoms with Crippen molar-refractivity contribution < 1.29 is 9.26 Å². The molecule has 2 fully saturated rings. The molecule has 0 bridgehead atoms. The molecular weight excluding hydrogens is 278 g/mol. The number of hydrogen-bond donors (Lipinski definition) is 0. The fourth-order valence-corrected chi connectivity index (χ4v) is 3.00. The van der Waals surface area contributed by atoms with Crippen molar-refractivity contribution in [3.8, 4) is 11.4 Å². The quantitative estimate of drug-likeness (QED) is 0.869. The second-order valence-electron chi connectivity index (χ2n) is 6.17. The van der Waals surface area contributed by atoms with E-state index in [-0.39, 0.29) is 0 Å². The Bertz CT molecular complexity index is 630. The number of rotatable bonds is 4. The van der Waals surface area contributed by atoms with Gasteiger partial charge < -0.3 is 9.26 Å². The van der Waals surface area contributed by atoms with Crippen LogP contribution in [0.4, 0.5) is 0 Å². The van der Waals surface area contributed by atoms with E-state index < -0.39 is 0 Å². The number of morpholine rings is 1. The van der Waals surface area contributed by atoms with Gasteiger partial charge in [-0.1, -0.05) is 29.8 Å². The Labute approximate surface area is 130 Å². The Kier molecular flexibility index (Phi) is 3.91. The molecule has 1 aromatic carbocycles. The molecule has 0 N–H and O–H groups in total. The number of aromatic nitrogens is 2. The third-order valence-electron chi connectivity index (χ3n) is 4.59. The van der Waals surface area contributed by atoms with Gasteiger partial charge in [0.25, 0.3) is 0 Å². The summed E-state index contributed by atoms with van der Waals surface area (Å²) in [5.41, 5.74) is 2.33. The van der Waals surface area contributed by atoms with Gasteiger partial charge in [-0.2, -0.15) is 4.98 Å². The van der Waals surface area contributed by atoms with Crippen LogP contribution >= 0.6 is 0 Å². The molecule has 4 rings (SSSR count). The molecule has 2 heterocycles. The largest absolute Gasteiger partial charge is 0.379 e. The Morgan fingerprint density at radius 2 is 2.05 bits per heavy atom. The first-order valence-corrected chi connectivity index (χ1v) is 8.11. The first kappa shape index (κ1) is 13.9. The van der Waals surface area contributed by atoms with Gasteiger partial charge in [-0.3, -0.25) is 4.90 Å². The third-order valence-corrected chi connectivity index (χ3v) is 4.59. The standard InChI is InChI=1S/C17H21N3O2/c1-3-13(12-20-7-9-21-10-8-20)11-15(6-1)16-18-17(22-19-16)14-4-2-5-14/h1,3,6,11,14H,2,4-5,7-10,12H2. The Balaban J connectivity index is 1.49. The first-order valence-electron chi connectivity index (χ1n) is 8.11. The smallest absolute Gasteiger partial charge is 0.230 e. The van der Waals surface area contributed by atoms with E-state index in [0.717, 1.165) is 44.3 Å². The maximum Gasteiger partial charge on any atom is 0.230 e. The molecule has 0 amide bonds. The second-order valence-corrected chi connectivity index (χ2v) is 6.17. The maximum atomic E-state index is 5.42. The Morgan fingerprint density at radius 3 is 2.82 bits per heavy atom. The lowest BCUT2D eigenvalue weighted by Gasteiger charge is -2.26. The van der Waals surface area contributed by atoms with Crippen molar-refractivity contribution in [2.45, 2.75) is 31.7 Å². The average molecular weight is 299 g/mol. The zero-order valence-corrected chi connectivity index (χ0v) is 12.7. The van der Waals surface area contributed by atoms with Gasteiger partial charge in [-0.05, 0) is 24.5 Å². The highest BCUT2D eigenvalue weighted by molar-refractivity contribution is 5.55. The monoisotopic (exact) mass is 299 g/mol. The first-order chi connectivity index (χ1) is 10.9. The lowest BCUT2D eigenvalue weighted by molar-refractivity contribution is 0.0342. The molecule has 1 saturated heterocycles. The van der Waals surface area contributed by atoms with Crippen molar-refractivity contribution in [1.29, 1.82) is 0 Å². The molecule has 5 heteroatoms. The summed E-state index contributed by atoms with van der Waals surface area (Å²) in [4.78, 5) is 6.99. The maximum absolute atomic E-state index is 5.42. The third kappa shape index (κ3) is 2.91. The highest BCUT2D eigenvalue weighted by atomic mass is 16.5. The Hall–Kier alpha value is -1.72. The summed E-state index contributed by atoms with van der Waals surface area (Å²) in [6, 6.07) is 8.46. The normalized spacial score (nSPS) is 20.0. The number of ether oxygens (including phenoxy) is 1. The molecule has 2 aliphatic rings. The van der Waals surface area contributed by atoms with Crippen LogP contribution in [-0.4, -0.2) is 41.3 Å². The number of benzene rings is 1. The second kappa shape index (κ2) is 6.18. The highest BCUT2D eigenvalue weighted by Crippen LogP contribution is 2.36. The van der Waals surface area contributed by atoms with Crippen molar-refractivity contribution in [3.63, 3.8) is 0 Å². The van der Waals surface area contributed by atoms with Gasteiger partial charge in [0.15, 0.2) is 0 Å². The van der Waals surface area contributed by atoms with Gasteiger partial charge in [0.1, 0.15) is 0 Å². The molecule has 5 nitrogen and oxygen atoms in total. The van der Waals surface area contributed by atoms with Gasteiger partial charge in [-0.15, -0.1) is 0 Å². The molecular formula is C17H21N3O2. The van der Waals surface area contributed by atoms with Crippen molar-refractivity contribution in [3.05, 3.63) is 35.7 Å². The van der Waals surface area contributed by atoms with Crippen LogP contribution in [0, 0.1) is 0 Å². The molecule has 1 aliphatic carbocycles. The van der Waals surface area contributed by atoms with Crippen LogP contribution in [0.3, 0.4) is 0 Å². The van der Waals surface area contributed by atoms with E-state index in [1.165, 1.54) is 24.8 Å². The van der Waals surface area contributed by atoms with Crippen LogP contribution < -0.4 is 0 Å². The van der Waals surface area contributed by atoms with Crippen molar-refractivity contribution >= 4 is 0 Å². The lowest BCUT2D eigenvalue weighted by atomic mass is 9.85. The fourth-order valence-electron chi connectivity index (χ4n) is 3.00. The summed E-state index contributed by atoms with van der Waals surface area (Å²) in [6.07, 6.45) is 3.63. The molecule has 22 heavy (non-hydrogen) atoms. The predicted molar refractivity (Wildman–Crippen MR) is 82.4 cm³/mol. The fraction of sp³-hybridized carbons (Fsp3) is 0.529. The van der Waals surface area contributed by atoms with Crippen molar-refractivity contribution in [2.24, 2.45) is 0 Å². The van der Waals surface area contributed by atoms with Gasteiger partial charge in [0.2, 0.25) is 11.7 Å². The summed E-state index contributed by atoms with van der Waals surface area (Å²) in [5, 5.41) is 4.16. The topological polar surface area (TPSA) is 51.4 Å². The molecule has 0 spiro atoms. The van der Waals surface area contributed by atoms with Gasteiger partial charge in [0.05, 0.1) is 13.2 Å². The van der Waals surface area contributed by atoms with Crippen LogP contribution in [0.1, 0.15) is 36.6 Å². The van der Waals surface area contributed by atoms with E-state index in [1.807, 2.05) is 0 Å². The zero-order valence-electron chi connectivity index (χ0n) is 12.7. The SMILES string of the molecule is c1cc(CN2CCOCC2)cc(-c2noc(C3CCC3)n2)c1. The summed E-state index contributed by atoms with van der Waals surface area (Å²) in [5.74, 6) is 2.00. The van der Waals surface area contributed by atoms with Gasteiger partial charge >= 0.3 is 0 Å². The van der Waals surface area contributed by atoms with Crippen LogP contribution in [0.15, 0.2) is 28.8 Å². The summed E-state index contributed by atoms with van der Waals surface area (Å²) in [6.45, 7) is 4.60. The highest BCUT2D eigenvalue weighted by Gasteiger charge is 2.25. The minimum Gasteiger partial charge on any atom is -0.379 e. The van der Waals surface area contributed by atoms with Crippen LogP contribution in [0.25, 0.3) is 11.4 Å². The molecule has 1 aromatic heterocycles. The number of hydrogen-bond acceptors (Lipinski definition) is 5. The van der Waals surface area contributed by atoms with Crippen LogP contribution in [0.5, 0.6) is 0 Å². The van der Waals surface area contributed by atoms with Crippen molar-refractivity contribution in [1.82, 2.24) is 15.0 Å². The van der Waals surface area contributed by atoms with Crippen molar-refractivity contribution in [2.75, 3.05) is 26.3 Å². The van der Waals surface area contributed by atoms with E-state index in [9.17, 15) is 0 Å². The average Bonchev–Trinajstić information content (AvgIpc) is 2.96. The summed E-state index contributed by atoms with van der Waals surface area (Å²) < 4.78 is 10.8. The lowest BCUT2D eigenvalue weighted by Crippen LogP contribution is -2.35. The summed E-state index contributed by atoms with van der Waals surface area (Å²) in [7, 11) is 0. The molecule has 0 atom stereocenters. The molecule has 0 radical (unpaired) electrons. The molecule has 0 unspecified atom stereocenters. The van der Waals surface area contributed by atoms with Crippen LogP contribution in [0.2, 0.25) is 0 Å². The number of nitrogens with zero attached hydrogens (tertiary/aromatic N) is 3. The zero-order chi connectivity index (χ0) is 14.8. The van der Waals surface area contributed by atoms with E-state index in [0.29, 0.717) is 11.7 Å². The van der Waals surface area contributed by atoms with E-state index in [1.54, 1.807) is 0 Å². The minimum atomic E-state index is 0.484. The molecule has 2 aromatic rings. The molecule has 1 aliphatic heterocycles. The van der Waals surface area contributed by atoms with Crippen LogP contribution in [-0.2, 0) is 11.3 Å². The molecule has 116 valence electrons. The molecule has 1 saturated carbocycles. The Morgan fingerprint density at radius 1 is 1.18 bits per heavy atom. The van der Waals surface area contributed by atoms with Gasteiger partial charge in [-0.25, -0.2) is 0 Å². The summed E-state index contributed by atoms with van der Waals surface area (Å²) >= 11 is 0. The minimum absolute atomic E-state index is 0.484. The van der Waals surface area contributed by atoms with E-state index >= 15 is 0 Å². The van der Waals surface area contributed by atoms with Gasteiger partial charge in [0, 0.05) is 31.1 Å². The predicted octanol–water partition coefficient (Wildman–Crippen LogP) is 2.84. The van der Waals surface area contributed by atoms with E-state index in [2.05, 4.69) is 39.3 Å². The van der Waals surface area contributed by atoms with E-state index in [4.69, 9.17) is 9.26 Å².